The molecule has 32 heavy (non-hydrogen) atoms. The first-order valence-corrected chi connectivity index (χ1v) is 10.1. The zero-order chi connectivity index (χ0) is 22.5. The van der Waals surface area contributed by atoms with Crippen LogP contribution in [0.15, 0.2) is 67.0 Å². The molecule has 4 aromatic rings. The lowest BCUT2D eigenvalue weighted by molar-refractivity contribution is -0.124. The third kappa shape index (κ3) is 4.59. The molecule has 2 N–H and O–H groups in total. The average molecular weight is 430 g/mol. The van der Waals surface area contributed by atoms with E-state index in [-0.39, 0.29) is 0 Å². The molecule has 0 spiro atoms. The molecule has 8 nitrogen and oxygen atoms in total. The first-order chi connectivity index (χ1) is 15.6. The molecule has 0 aliphatic carbocycles. The Balaban J connectivity index is 1.48. The lowest BCUT2D eigenvalue weighted by atomic mass is 10.2. The van der Waals surface area contributed by atoms with Gasteiger partial charge in [-0.05, 0) is 48.9 Å². The van der Waals surface area contributed by atoms with Gasteiger partial charge in [0.15, 0.2) is 6.10 Å². The molecule has 0 bridgehead atoms. The number of fused-ring (bicyclic) bond motifs is 1. The number of esters is 1. The summed E-state index contributed by atoms with van der Waals surface area (Å²) in [5.41, 5.74) is 3.13. The summed E-state index contributed by atoms with van der Waals surface area (Å²) in [5, 5.41) is 2.76. The molecule has 162 valence electrons. The van der Waals surface area contributed by atoms with Crippen molar-refractivity contribution in [2.45, 2.75) is 19.4 Å². The van der Waals surface area contributed by atoms with E-state index in [0.717, 1.165) is 5.56 Å². The van der Waals surface area contributed by atoms with Crippen molar-refractivity contribution in [3.8, 4) is 17.1 Å². The van der Waals surface area contributed by atoms with E-state index < -0.39 is 18.0 Å². The summed E-state index contributed by atoms with van der Waals surface area (Å²) in [6.07, 6.45) is 2.80. The van der Waals surface area contributed by atoms with Crippen LogP contribution >= 0.6 is 0 Å². The van der Waals surface area contributed by atoms with Crippen molar-refractivity contribution >= 4 is 28.6 Å². The van der Waals surface area contributed by atoms with Crippen LogP contribution in [0.3, 0.4) is 0 Å². The zero-order valence-corrected chi connectivity index (χ0v) is 17.7. The summed E-state index contributed by atoms with van der Waals surface area (Å²) in [6.45, 7) is 1.78. The first-order valence-electron chi connectivity index (χ1n) is 10.1. The number of anilines is 1. The molecule has 8 heteroatoms. The number of H-pyrrole nitrogens is 1. The van der Waals surface area contributed by atoms with E-state index in [2.05, 4.69) is 20.3 Å². The SMILES string of the molecule is CCC(OC(=O)c1ccc2nc(-c3cccnc3)[nH]c2c1)C(=O)Nc1cccc(OC)c1. The topological polar surface area (TPSA) is 106 Å². The number of methoxy groups -OCH3 is 1. The Kier molecular flexibility index (Phi) is 6.12. The Morgan fingerprint density at radius 1 is 1.12 bits per heavy atom. The Morgan fingerprint density at radius 2 is 2.00 bits per heavy atom. The number of benzene rings is 2. The van der Waals surface area contributed by atoms with E-state index in [9.17, 15) is 9.59 Å². The fourth-order valence-electron chi connectivity index (χ4n) is 3.22. The fourth-order valence-corrected chi connectivity index (χ4v) is 3.22. The molecule has 2 aromatic heterocycles. The molecular formula is C24H22N4O4. The quantitative estimate of drug-likeness (QED) is 0.426. The molecular weight excluding hydrogens is 408 g/mol. The van der Waals surface area contributed by atoms with E-state index in [0.29, 0.717) is 40.3 Å². The van der Waals surface area contributed by atoms with Crippen molar-refractivity contribution in [2.24, 2.45) is 0 Å². The highest BCUT2D eigenvalue weighted by Gasteiger charge is 2.22. The third-order valence-electron chi connectivity index (χ3n) is 4.90. The number of aromatic amines is 1. The van der Waals surface area contributed by atoms with Crippen LogP contribution in [-0.4, -0.2) is 40.0 Å². The van der Waals surface area contributed by atoms with Crippen molar-refractivity contribution < 1.29 is 19.1 Å². The predicted molar refractivity (Wildman–Crippen MR) is 120 cm³/mol. The highest BCUT2D eigenvalue weighted by molar-refractivity contribution is 5.99. The first kappa shape index (κ1) is 21.0. The van der Waals surface area contributed by atoms with Gasteiger partial charge in [0, 0.05) is 29.7 Å². The number of imidazole rings is 1. The lowest BCUT2D eigenvalue weighted by Gasteiger charge is -2.16. The Hall–Kier alpha value is -4.20. The molecule has 0 saturated heterocycles. The number of pyridine rings is 1. The summed E-state index contributed by atoms with van der Waals surface area (Å²) in [5.74, 6) is 0.279. The minimum atomic E-state index is -0.933. The molecule has 1 unspecified atom stereocenters. The van der Waals surface area contributed by atoms with Crippen LogP contribution in [0, 0.1) is 0 Å². The van der Waals surface area contributed by atoms with Crippen molar-refractivity contribution in [1.29, 1.82) is 0 Å². The van der Waals surface area contributed by atoms with Gasteiger partial charge in [0.2, 0.25) is 0 Å². The molecule has 2 aromatic carbocycles. The highest BCUT2D eigenvalue weighted by Crippen LogP contribution is 2.22. The summed E-state index contributed by atoms with van der Waals surface area (Å²) < 4.78 is 10.7. The van der Waals surface area contributed by atoms with E-state index in [1.807, 2.05) is 12.1 Å². The molecule has 0 saturated carbocycles. The summed E-state index contributed by atoms with van der Waals surface area (Å²) in [6, 6.07) is 15.7. The maximum atomic E-state index is 12.7. The molecule has 0 radical (unpaired) electrons. The van der Waals surface area contributed by atoms with Crippen molar-refractivity contribution in [3.05, 3.63) is 72.6 Å². The van der Waals surface area contributed by atoms with Gasteiger partial charge in [0.1, 0.15) is 11.6 Å². The van der Waals surface area contributed by atoms with Crippen molar-refractivity contribution in [3.63, 3.8) is 0 Å². The van der Waals surface area contributed by atoms with Gasteiger partial charge in [-0.2, -0.15) is 0 Å². The number of nitrogens with zero attached hydrogens (tertiary/aromatic N) is 2. The van der Waals surface area contributed by atoms with Gasteiger partial charge in [-0.3, -0.25) is 9.78 Å². The Bertz CT molecular complexity index is 1250. The smallest absolute Gasteiger partial charge is 0.338 e. The number of amides is 1. The second-order valence-corrected chi connectivity index (χ2v) is 7.08. The number of aromatic nitrogens is 3. The summed E-state index contributed by atoms with van der Waals surface area (Å²) in [4.78, 5) is 37.2. The van der Waals surface area contributed by atoms with Gasteiger partial charge in [-0.25, -0.2) is 9.78 Å². The number of ether oxygens (including phenoxy) is 2. The summed E-state index contributed by atoms with van der Waals surface area (Å²) in [7, 11) is 1.55. The van der Waals surface area contributed by atoms with Crippen molar-refractivity contribution in [1.82, 2.24) is 15.0 Å². The van der Waals surface area contributed by atoms with Gasteiger partial charge in [-0.1, -0.05) is 13.0 Å². The van der Waals surface area contributed by atoms with Crippen LogP contribution in [0.4, 0.5) is 5.69 Å². The number of hydrogen-bond donors (Lipinski definition) is 2. The average Bonchev–Trinajstić information content (AvgIpc) is 3.26. The third-order valence-corrected chi connectivity index (χ3v) is 4.90. The standard InChI is InChI=1S/C24H22N4O4/c1-3-21(23(29)26-17-7-4-8-18(13-17)31-2)32-24(30)15-9-10-19-20(12-15)28-22(27-19)16-6-5-11-25-14-16/h4-14,21H,3H2,1-2H3,(H,26,29)(H,27,28). The maximum Gasteiger partial charge on any atom is 0.338 e. The lowest BCUT2D eigenvalue weighted by Crippen LogP contribution is -2.32. The molecule has 4 rings (SSSR count). The molecule has 0 fully saturated rings. The Morgan fingerprint density at radius 3 is 2.75 bits per heavy atom. The second-order valence-electron chi connectivity index (χ2n) is 7.08. The minimum Gasteiger partial charge on any atom is -0.497 e. The molecule has 1 amide bonds. The number of carbonyl (C=O) groups is 2. The highest BCUT2D eigenvalue weighted by atomic mass is 16.5. The van der Waals surface area contributed by atoms with Crippen LogP contribution in [-0.2, 0) is 9.53 Å². The fraction of sp³-hybridized carbons (Fsp3) is 0.167. The van der Waals surface area contributed by atoms with E-state index in [4.69, 9.17) is 9.47 Å². The van der Waals surface area contributed by atoms with E-state index >= 15 is 0 Å². The van der Waals surface area contributed by atoms with Crippen LogP contribution in [0.5, 0.6) is 5.75 Å². The van der Waals surface area contributed by atoms with Gasteiger partial charge in [-0.15, -0.1) is 0 Å². The maximum absolute atomic E-state index is 12.7. The van der Waals surface area contributed by atoms with Gasteiger partial charge >= 0.3 is 5.97 Å². The van der Waals surface area contributed by atoms with E-state index in [1.165, 1.54) is 0 Å². The van der Waals surface area contributed by atoms with Gasteiger partial charge in [0.25, 0.3) is 5.91 Å². The normalized spacial score (nSPS) is 11.7. The summed E-state index contributed by atoms with van der Waals surface area (Å²) >= 11 is 0. The largest absolute Gasteiger partial charge is 0.497 e. The van der Waals surface area contributed by atoms with Crippen LogP contribution in [0.1, 0.15) is 23.7 Å². The van der Waals surface area contributed by atoms with E-state index in [1.54, 1.807) is 68.9 Å². The number of hydrogen-bond acceptors (Lipinski definition) is 6. The number of nitrogens with one attached hydrogen (secondary N) is 2. The van der Waals surface area contributed by atoms with Crippen LogP contribution in [0.2, 0.25) is 0 Å². The zero-order valence-electron chi connectivity index (χ0n) is 17.7. The molecule has 0 aliphatic heterocycles. The van der Waals surface area contributed by atoms with Gasteiger partial charge in [0.05, 0.1) is 23.7 Å². The monoisotopic (exact) mass is 430 g/mol. The molecule has 0 aliphatic rings. The Labute approximate surface area is 184 Å². The van der Waals surface area contributed by atoms with Crippen LogP contribution in [0.25, 0.3) is 22.4 Å². The number of rotatable bonds is 7. The van der Waals surface area contributed by atoms with Crippen molar-refractivity contribution in [2.75, 3.05) is 12.4 Å². The predicted octanol–water partition coefficient (Wildman–Crippen LogP) is 4.21. The molecule has 1 atom stereocenters. The second kappa shape index (κ2) is 9.30. The minimum absolute atomic E-state index is 0.325. The molecule has 2 heterocycles. The number of carbonyl (C=O) groups excluding carboxylic acids is 2. The van der Waals surface area contributed by atoms with Crippen LogP contribution < -0.4 is 10.1 Å². The van der Waals surface area contributed by atoms with Gasteiger partial charge < -0.3 is 19.8 Å².